The predicted octanol–water partition coefficient (Wildman–Crippen LogP) is 2.56. The maximum Gasteiger partial charge on any atom is 0.327 e. The number of carbonyl (C=O) groups is 2. The summed E-state index contributed by atoms with van der Waals surface area (Å²) in [6, 6.07) is 8.92. The van der Waals surface area contributed by atoms with Gasteiger partial charge in [0, 0.05) is 11.8 Å². The van der Waals surface area contributed by atoms with E-state index in [1.807, 2.05) is 36.6 Å². The Hall–Kier alpha value is -1.95. The molecule has 0 aliphatic carbocycles. The van der Waals surface area contributed by atoms with Gasteiger partial charge in [0.05, 0.1) is 0 Å². The second-order valence-corrected chi connectivity index (χ2v) is 4.71. The molecule has 0 spiro atoms. The molecular weight excluding hydrogens is 278 g/mol. The molecule has 0 aromatic heterocycles. The third kappa shape index (κ3) is 9.04. The van der Waals surface area contributed by atoms with Crippen molar-refractivity contribution in [3.8, 4) is 0 Å². The molecule has 20 heavy (non-hydrogen) atoms. The maximum absolute atomic E-state index is 10.9. The van der Waals surface area contributed by atoms with Gasteiger partial charge in [0.15, 0.2) is 0 Å². The van der Waals surface area contributed by atoms with Crippen molar-refractivity contribution in [1.82, 2.24) is 0 Å². The van der Waals surface area contributed by atoms with E-state index in [0.717, 1.165) is 17.5 Å². The van der Waals surface area contributed by atoms with Crippen molar-refractivity contribution in [3.63, 3.8) is 0 Å². The lowest BCUT2D eigenvalue weighted by Crippen LogP contribution is -2.29. The van der Waals surface area contributed by atoms with Crippen molar-refractivity contribution in [3.05, 3.63) is 43.0 Å². The molecule has 1 aromatic rings. The fourth-order valence-electron chi connectivity index (χ4n) is 1.23. The second kappa shape index (κ2) is 10.9. The Bertz CT molecular complexity index is 422. The van der Waals surface area contributed by atoms with Gasteiger partial charge < -0.3 is 15.5 Å². The first-order chi connectivity index (χ1) is 9.51. The Morgan fingerprint density at radius 2 is 1.90 bits per heavy atom. The third-order valence-corrected chi connectivity index (χ3v) is 2.84. The lowest BCUT2D eigenvalue weighted by Gasteiger charge is -2.14. The van der Waals surface area contributed by atoms with E-state index < -0.39 is 18.0 Å². The van der Waals surface area contributed by atoms with E-state index in [0.29, 0.717) is 6.42 Å². The number of benzene rings is 1. The average molecular weight is 297 g/mol. The van der Waals surface area contributed by atoms with Crippen LogP contribution in [0.4, 0.5) is 5.69 Å². The summed E-state index contributed by atoms with van der Waals surface area (Å²) in [7, 11) is 0. The molecule has 0 saturated carbocycles. The van der Waals surface area contributed by atoms with Gasteiger partial charge in [-0.15, -0.1) is 0 Å². The summed E-state index contributed by atoms with van der Waals surface area (Å²) in [5.74, 6) is -0.936. The normalized spacial score (nSPS) is 10.7. The van der Waals surface area contributed by atoms with Crippen molar-refractivity contribution in [1.29, 1.82) is 0 Å². The van der Waals surface area contributed by atoms with E-state index in [4.69, 9.17) is 10.2 Å². The summed E-state index contributed by atoms with van der Waals surface area (Å²) in [6.45, 7) is 2.96. The van der Waals surface area contributed by atoms with Gasteiger partial charge in [0.25, 0.3) is 0 Å². The highest BCUT2D eigenvalue weighted by Gasteiger charge is 2.15. The van der Waals surface area contributed by atoms with E-state index in [9.17, 15) is 9.59 Å². The van der Waals surface area contributed by atoms with Gasteiger partial charge in [-0.2, -0.15) is 11.8 Å². The van der Waals surface area contributed by atoms with Gasteiger partial charge in [0.1, 0.15) is 6.04 Å². The minimum Gasteiger partial charge on any atom is -0.480 e. The van der Waals surface area contributed by atoms with Crippen LogP contribution in [0.15, 0.2) is 43.0 Å². The average Bonchev–Trinajstić information content (AvgIpc) is 2.44. The van der Waals surface area contributed by atoms with Crippen LogP contribution < -0.4 is 5.32 Å². The Morgan fingerprint density at radius 1 is 1.35 bits per heavy atom. The van der Waals surface area contributed by atoms with Crippen molar-refractivity contribution in [2.24, 2.45) is 0 Å². The molecule has 6 heteroatoms. The summed E-state index contributed by atoms with van der Waals surface area (Å²) in [5, 5.41) is 19.6. The monoisotopic (exact) mass is 297 g/mol. The molecule has 0 aliphatic heterocycles. The molecule has 0 radical (unpaired) electrons. The Kier molecular flexibility index (Phi) is 9.86. The molecule has 5 nitrogen and oxygen atoms in total. The summed E-state index contributed by atoms with van der Waals surface area (Å²) in [4.78, 5) is 20.2. The van der Waals surface area contributed by atoms with Crippen molar-refractivity contribution < 1.29 is 19.8 Å². The molecule has 1 rings (SSSR count). The molecule has 0 saturated heterocycles. The summed E-state index contributed by atoms with van der Waals surface area (Å²) in [6.07, 6.45) is 3.44. The quantitative estimate of drug-likeness (QED) is 0.671. The molecule has 0 unspecified atom stereocenters. The van der Waals surface area contributed by atoms with Crippen LogP contribution in [0.5, 0.6) is 0 Å². The number of nitrogens with one attached hydrogen (secondary N) is 1. The Balaban J connectivity index is 0.000000621. The minimum atomic E-state index is -0.981. The summed E-state index contributed by atoms with van der Waals surface area (Å²) >= 11 is 1.65. The molecular formula is C14H19NO4S. The molecule has 0 amide bonds. The van der Waals surface area contributed by atoms with E-state index >= 15 is 0 Å². The number of rotatable bonds is 7. The molecule has 0 heterocycles. The zero-order valence-electron chi connectivity index (χ0n) is 11.3. The van der Waals surface area contributed by atoms with Crippen LogP contribution in [0.3, 0.4) is 0 Å². The second-order valence-electron chi connectivity index (χ2n) is 3.73. The molecule has 0 aliphatic rings. The van der Waals surface area contributed by atoms with E-state index in [1.54, 1.807) is 11.8 Å². The first-order valence-corrected chi connectivity index (χ1v) is 7.29. The predicted molar refractivity (Wildman–Crippen MR) is 82.3 cm³/mol. The number of carboxylic acids is 2. The van der Waals surface area contributed by atoms with Crippen molar-refractivity contribution >= 4 is 29.4 Å². The van der Waals surface area contributed by atoms with Gasteiger partial charge in [-0.1, -0.05) is 24.8 Å². The van der Waals surface area contributed by atoms with Crippen LogP contribution in [0.25, 0.3) is 0 Å². The van der Waals surface area contributed by atoms with Gasteiger partial charge in [-0.25, -0.2) is 9.59 Å². The van der Waals surface area contributed by atoms with Crippen LogP contribution in [-0.2, 0) is 9.59 Å². The van der Waals surface area contributed by atoms with Crippen LogP contribution >= 0.6 is 11.8 Å². The van der Waals surface area contributed by atoms with Crippen LogP contribution in [-0.4, -0.2) is 40.2 Å². The number of hydrogen-bond donors (Lipinski definition) is 3. The van der Waals surface area contributed by atoms with Gasteiger partial charge >= 0.3 is 11.9 Å². The number of aliphatic carboxylic acids is 2. The molecule has 0 fully saturated rings. The lowest BCUT2D eigenvalue weighted by molar-refractivity contribution is -0.138. The zero-order valence-corrected chi connectivity index (χ0v) is 12.1. The first kappa shape index (κ1) is 18.0. The lowest BCUT2D eigenvalue weighted by atomic mass is 10.2. The molecule has 110 valence electrons. The molecule has 3 N–H and O–H groups in total. The SMILES string of the molecule is C=CC(=O)O.CSCC[C@H](Nc1ccccc1)C(=O)O. The number of thioether (sulfide) groups is 1. The smallest absolute Gasteiger partial charge is 0.327 e. The Labute approximate surface area is 122 Å². The maximum atomic E-state index is 10.9. The molecule has 1 atom stereocenters. The summed E-state index contributed by atoms with van der Waals surface area (Å²) in [5.41, 5.74) is 0.853. The van der Waals surface area contributed by atoms with Crippen LogP contribution in [0, 0.1) is 0 Å². The highest BCUT2D eigenvalue weighted by Crippen LogP contribution is 2.10. The highest BCUT2D eigenvalue weighted by atomic mass is 32.2. The van der Waals surface area contributed by atoms with Crippen LogP contribution in [0.2, 0.25) is 0 Å². The molecule has 1 aromatic carbocycles. The standard InChI is InChI=1S/C11H15NO2S.C3H4O2/c1-15-8-7-10(11(13)14)12-9-5-3-2-4-6-9;1-2-3(4)5/h2-6,10,12H,7-8H2,1H3,(H,13,14);2H,1H2,(H,4,5)/t10-;/m0./s1. The van der Waals surface area contributed by atoms with E-state index in [1.165, 1.54) is 0 Å². The van der Waals surface area contributed by atoms with E-state index in [-0.39, 0.29) is 0 Å². The zero-order chi connectivity index (χ0) is 15.4. The Morgan fingerprint density at radius 3 is 2.30 bits per heavy atom. The number of hydrogen-bond acceptors (Lipinski definition) is 4. The fraction of sp³-hybridized carbons (Fsp3) is 0.286. The van der Waals surface area contributed by atoms with Gasteiger partial charge in [0.2, 0.25) is 0 Å². The van der Waals surface area contributed by atoms with Gasteiger partial charge in [-0.05, 0) is 30.6 Å². The van der Waals surface area contributed by atoms with Gasteiger partial charge in [-0.3, -0.25) is 0 Å². The molecule has 0 bridgehead atoms. The number of carboxylic acid groups (broad SMARTS) is 2. The van der Waals surface area contributed by atoms with E-state index in [2.05, 4.69) is 11.9 Å². The summed E-state index contributed by atoms with van der Waals surface area (Å²) < 4.78 is 0. The van der Waals surface area contributed by atoms with Crippen molar-refractivity contribution in [2.75, 3.05) is 17.3 Å². The van der Waals surface area contributed by atoms with Crippen molar-refractivity contribution in [2.45, 2.75) is 12.5 Å². The number of anilines is 1. The first-order valence-electron chi connectivity index (χ1n) is 5.90. The minimum absolute atomic E-state index is 0.500. The van der Waals surface area contributed by atoms with Crippen LogP contribution in [0.1, 0.15) is 6.42 Å². The third-order valence-electron chi connectivity index (χ3n) is 2.20. The highest BCUT2D eigenvalue weighted by molar-refractivity contribution is 7.98. The fourth-order valence-corrected chi connectivity index (χ4v) is 1.70. The largest absolute Gasteiger partial charge is 0.480 e. The number of para-hydroxylation sites is 1. The topological polar surface area (TPSA) is 86.6 Å².